The van der Waals surface area contributed by atoms with Crippen LogP contribution in [0, 0.1) is 0 Å². The lowest BCUT2D eigenvalue weighted by molar-refractivity contribution is 0.0940. The van der Waals surface area contributed by atoms with Crippen LogP contribution in [0.2, 0.25) is 5.02 Å². The van der Waals surface area contributed by atoms with Crippen molar-refractivity contribution in [3.05, 3.63) is 64.7 Å². The van der Waals surface area contributed by atoms with Gasteiger partial charge in [0.2, 0.25) is 0 Å². The van der Waals surface area contributed by atoms with E-state index in [4.69, 9.17) is 11.6 Å². The fraction of sp³-hybridized carbons (Fsp3) is 0.188. The first-order valence-electron chi connectivity index (χ1n) is 6.31. The predicted octanol–water partition coefficient (Wildman–Crippen LogP) is 4.55. The molecule has 1 atom stereocenters. The van der Waals surface area contributed by atoms with Crippen LogP contribution < -0.4 is 5.32 Å². The molecule has 0 aromatic heterocycles. The Labute approximate surface area is 128 Å². The quantitative estimate of drug-likeness (QED) is 0.839. The van der Waals surface area contributed by atoms with Crippen LogP contribution in [0.3, 0.4) is 0 Å². The molecular weight excluding hydrogens is 290 g/mol. The van der Waals surface area contributed by atoms with E-state index in [9.17, 15) is 4.79 Å². The van der Waals surface area contributed by atoms with E-state index >= 15 is 0 Å². The highest BCUT2D eigenvalue weighted by Gasteiger charge is 2.13. The summed E-state index contributed by atoms with van der Waals surface area (Å²) in [4.78, 5) is 13.4. The summed E-state index contributed by atoms with van der Waals surface area (Å²) < 4.78 is 0. The average Bonchev–Trinajstić information content (AvgIpc) is 2.47. The lowest BCUT2D eigenvalue weighted by Gasteiger charge is -2.15. The van der Waals surface area contributed by atoms with E-state index in [1.165, 1.54) is 4.90 Å². The molecule has 0 radical (unpaired) electrons. The maximum atomic E-state index is 12.2. The molecule has 2 nitrogen and oxygen atoms in total. The van der Waals surface area contributed by atoms with E-state index in [2.05, 4.69) is 17.4 Å². The number of halogens is 1. The summed E-state index contributed by atoms with van der Waals surface area (Å²) in [6.45, 7) is 1.96. The van der Waals surface area contributed by atoms with Crippen molar-refractivity contribution in [2.45, 2.75) is 17.9 Å². The second kappa shape index (κ2) is 6.82. The van der Waals surface area contributed by atoms with Gasteiger partial charge in [-0.1, -0.05) is 35.9 Å². The van der Waals surface area contributed by atoms with Gasteiger partial charge in [0.05, 0.1) is 16.6 Å². The van der Waals surface area contributed by atoms with E-state index in [-0.39, 0.29) is 11.9 Å². The Balaban J connectivity index is 2.09. The second-order valence-corrected chi connectivity index (χ2v) is 5.74. The van der Waals surface area contributed by atoms with Crippen molar-refractivity contribution in [1.82, 2.24) is 5.32 Å². The molecule has 0 spiro atoms. The predicted molar refractivity (Wildman–Crippen MR) is 85.6 cm³/mol. The van der Waals surface area contributed by atoms with Gasteiger partial charge in [-0.05, 0) is 43.0 Å². The molecule has 0 aliphatic rings. The molecule has 2 aromatic rings. The van der Waals surface area contributed by atoms with Crippen molar-refractivity contribution in [2.75, 3.05) is 6.26 Å². The third-order valence-corrected chi connectivity index (χ3v) is 4.16. The fourth-order valence-electron chi connectivity index (χ4n) is 1.90. The van der Waals surface area contributed by atoms with Crippen molar-refractivity contribution in [3.8, 4) is 0 Å². The van der Waals surface area contributed by atoms with Crippen molar-refractivity contribution in [2.24, 2.45) is 0 Å². The molecule has 1 amide bonds. The van der Waals surface area contributed by atoms with Crippen molar-refractivity contribution in [3.63, 3.8) is 0 Å². The molecule has 0 saturated carbocycles. The van der Waals surface area contributed by atoms with Crippen LogP contribution in [0.4, 0.5) is 0 Å². The number of hydrogen-bond acceptors (Lipinski definition) is 2. The third-order valence-electron chi connectivity index (χ3n) is 3.08. The zero-order valence-electron chi connectivity index (χ0n) is 11.4. The number of rotatable bonds is 4. The van der Waals surface area contributed by atoms with Crippen LogP contribution in [0.1, 0.15) is 28.9 Å². The van der Waals surface area contributed by atoms with Gasteiger partial charge in [0.15, 0.2) is 0 Å². The number of thioether (sulfide) groups is 1. The summed E-state index contributed by atoms with van der Waals surface area (Å²) in [5.74, 6) is -0.156. The molecule has 0 unspecified atom stereocenters. The van der Waals surface area contributed by atoms with Gasteiger partial charge in [-0.25, -0.2) is 0 Å². The highest BCUT2D eigenvalue weighted by Crippen LogP contribution is 2.20. The maximum absolute atomic E-state index is 12.2. The Morgan fingerprint density at radius 1 is 1.15 bits per heavy atom. The molecular formula is C16H16ClNOS. The molecule has 1 N–H and O–H groups in total. The minimum atomic E-state index is -0.156. The summed E-state index contributed by atoms with van der Waals surface area (Å²) in [5.41, 5.74) is 1.57. The Morgan fingerprint density at radius 2 is 1.80 bits per heavy atom. The SMILES string of the molecule is CSc1ccc([C@@H](C)NC(=O)c2ccccc2Cl)cc1. The Hall–Kier alpha value is -1.45. The van der Waals surface area contributed by atoms with Crippen LogP contribution in [-0.4, -0.2) is 12.2 Å². The average molecular weight is 306 g/mol. The van der Waals surface area contributed by atoms with Gasteiger partial charge in [0, 0.05) is 4.90 Å². The largest absolute Gasteiger partial charge is 0.345 e. The van der Waals surface area contributed by atoms with Gasteiger partial charge in [0.25, 0.3) is 5.91 Å². The van der Waals surface area contributed by atoms with E-state index in [0.717, 1.165) is 5.56 Å². The van der Waals surface area contributed by atoms with Gasteiger partial charge in [-0.3, -0.25) is 4.79 Å². The van der Waals surface area contributed by atoms with Crippen LogP contribution in [0.15, 0.2) is 53.4 Å². The number of hydrogen-bond donors (Lipinski definition) is 1. The van der Waals surface area contributed by atoms with E-state index < -0.39 is 0 Å². The number of carbonyl (C=O) groups excluding carboxylic acids is 1. The molecule has 0 bridgehead atoms. The Bertz CT molecular complexity index is 598. The molecule has 2 rings (SSSR count). The Morgan fingerprint density at radius 3 is 2.40 bits per heavy atom. The minimum Gasteiger partial charge on any atom is -0.345 e. The first-order valence-corrected chi connectivity index (χ1v) is 7.91. The molecule has 0 fully saturated rings. The number of carbonyl (C=O) groups is 1. The zero-order chi connectivity index (χ0) is 14.5. The minimum absolute atomic E-state index is 0.0605. The van der Waals surface area contributed by atoms with Crippen LogP contribution in [-0.2, 0) is 0 Å². The third kappa shape index (κ3) is 3.56. The van der Waals surface area contributed by atoms with Gasteiger partial charge in [-0.15, -0.1) is 11.8 Å². The molecule has 2 aromatic carbocycles. The second-order valence-electron chi connectivity index (χ2n) is 4.45. The summed E-state index contributed by atoms with van der Waals surface area (Å²) in [5, 5.41) is 3.43. The summed E-state index contributed by atoms with van der Waals surface area (Å²) in [6.07, 6.45) is 2.04. The highest BCUT2D eigenvalue weighted by molar-refractivity contribution is 7.98. The molecule has 104 valence electrons. The van der Waals surface area contributed by atoms with E-state index in [1.54, 1.807) is 30.0 Å². The standard InChI is InChI=1S/C16H16ClNOS/c1-11(12-7-9-13(20-2)10-8-12)18-16(19)14-5-3-4-6-15(14)17/h3-11H,1-2H3,(H,18,19)/t11-/m1/s1. The van der Waals surface area contributed by atoms with Crippen LogP contribution in [0.25, 0.3) is 0 Å². The number of benzene rings is 2. The first-order chi connectivity index (χ1) is 9.61. The van der Waals surface area contributed by atoms with E-state index in [0.29, 0.717) is 10.6 Å². The highest BCUT2D eigenvalue weighted by atomic mass is 35.5. The van der Waals surface area contributed by atoms with Crippen LogP contribution >= 0.6 is 23.4 Å². The van der Waals surface area contributed by atoms with Crippen molar-refractivity contribution >= 4 is 29.3 Å². The Kier molecular flexibility index (Phi) is 5.10. The fourth-order valence-corrected chi connectivity index (χ4v) is 2.53. The lowest BCUT2D eigenvalue weighted by atomic mass is 10.1. The summed E-state index contributed by atoms with van der Waals surface area (Å²) in [7, 11) is 0. The van der Waals surface area contributed by atoms with Gasteiger partial charge >= 0.3 is 0 Å². The number of amides is 1. The van der Waals surface area contributed by atoms with Gasteiger partial charge < -0.3 is 5.32 Å². The molecule has 0 heterocycles. The van der Waals surface area contributed by atoms with E-state index in [1.807, 2.05) is 31.4 Å². The smallest absolute Gasteiger partial charge is 0.253 e. The maximum Gasteiger partial charge on any atom is 0.253 e. The monoisotopic (exact) mass is 305 g/mol. The topological polar surface area (TPSA) is 29.1 Å². The first kappa shape index (κ1) is 14.9. The van der Waals surface area contributed by atoms with Crippen molar-refractivity contribution < 1.29 is 4.79 Å². The van der Waals surface area contributed by atoms with Gasteiger partial charge in [-0.2, -0.15) is 0 Å². The molecule has 20 heavy (non-hydrogen) atoms. The zero-order valence-corrected chi connectivity index (χ0v) is 13.0. The molecule has 4 heteroatoms. The summed E-state index contributed by atoms with van der Waals surface area (Å²) in [6, 6.07) is 15.2. The molecule has 0 aliphatic carbocycles. The normalized spacial score (nSPS) is 11.9. The lowest BCUT2D eigenvalue weighted by Crippen LogP contribution is -2.26. The van der Waals surface area contributed by atoms with Crippen molar-refractivity contribution in [1.29, 1.82) is 0 Å². The van der Waals surface area contributed by atoms with Gasteiger partial charge in [0.1, 0.15) is 0 Å². The molecule has 0 aliphatic heterocycles. The molecule has 0 saturated heterocycles. The summed E-state index contributed by atoms with van der Waals surface area (Å²) >= 11 is 7.72. The van der Waals surface area contributed by atoms with Crippen LogP contribution in [0.5, 0.6) is 0 Å². The number of nitrogens with one attached hydrogen (secondary N) is 1.